The van der Waals surface area contributed by atoms with Crippen molar-refractivity contribution in [3.63, 3.8) is 0 Å². The van der Waals surface area contributed by atoms with Gasteiger partial charge in [-0.1, -0.05) is 0 Å². The molecule has 1 aromatic heterocycles. The van der Waals surface area contributed by atoms with E-state index in [1.54, 1.807) is 13.0 Å². The largest absolute Gasteiger partial charge is 0.462 e. The van der Waals surface area contributed by atoms with Crippen molar-refractivity contribution in [3.8, 4) is 5.69 Å². The van der Waals surface area contributed by atoms with E-state index < -0.39 is 5.97 Å². The molecule has 0 aliphatic carbocycles. The molecule has 2 rings (SSSR count). The second-order valence-electron chi connectivity index (χ2n) is 3.67. The third-order valence-electron chi connectivity index (χ3n) is 2.44. The van der Waals surface area contributed by atoms with E-state index in [0.717, 1.165) is 0 Å². The first-order chi connectivity index (χ1) is 9.04. The molecule has 0 bridgehead atoms. The number of ether oxygens (including phenoxy) is 1. The lowest BCUT2D eigenvalue weighted by Crippen LogP contribution is -2.09. The molecule has 0 amide bonds. The number of nitrogen functional groups attached to an aromatic ring is 1. The molecule has 0 saturated carbocycles. The molecule has 19 heavy (non-hydrogen) atoms. The summed E-state index contributed by atoms with van der Waals surface area (Å²) in [6.07, 6.45) is 1.34. The number of esters is 1. The molecule has 1 heterocycles. The highest BCUT2D eigenvalue weighted by molar-refractivity contribution is 14.1. The maximum Gasteiger partial charge on any atom is 0.343 e. The van der Waals surface area contributed by atoms with Crippen LogP contribution in [0.5, 0.6) is 0 Å². The lowest BCUT2D eigenvalue weighted by atomic mass is 10.3. The van der Waals surface area contributed by atoms with Crippen LogP contribution in [0.1, 0.15) is 17.3 Å². The minimum Gasteiger partial charge on any atom is -0.462 e. The Bertz CT molecular complexity index is 627. The van der Waals surface area contributed by atoms with Crippen LogP contribution in [0.2, 0.25) is 0 Å². The average Bonchev–Trinajstić information content (AvgIpc) is 2.72. The van der Waals surface area contributed by atoms with Gasteiger partial charge >= 0.3 is 5.97 Å². The summed E-state index contributed by atoms with van der Waals surface area (Å²) < 4.78 is 20.0. The molecule has 0 aliphatic rings. The van der Waals surface area contributed by atoms with E-state index in [1.807, 2.05) is 22.6 Å². The molecule has 7 heteroatoms. The quantitative estimate of drug-likeness (QED) is 0.661. The number of carbonyl (C=O) groups is 1. The van der Waals surface area contributed by atoms with Gasteiger partial charge < -0.3 is 10.5 Å². The van der Waals surface area contributed by atoms with Crippen molar-refractivity contribution in [2.45, 2.75) is 6.92 Å². The number of hydrogen-bond acceptors (Lipinski definition) is 4. The molecular weight excluding hydrogens is 364 g/mol. The SMILES string of the molecule is CCOC(=O)c1cnn(-c2ccc(F)cc2I)c1N. The van der Waals surface area contributed by atoms with Crippen LogP contribution < -0.4 is 5.73 Å². The van der Waals surface area contributed by atoms with Crippen LogP contribution in [0.25, 0.3) is 5.69 Å². The summed E-state index contributed by atoms with van der Waals surface area (Å²) >= 11 is 1.98. The zero-order chi connectivity index (χ0) is 14.0. The number of benzene rings is 1. The standard InChI is InChI=1S/C12H11FIN3O2/c1-2-19-12(18)8-6-16-17(11(8)15)10-4-3-7(13)5-9(10)14/h3-6H,2,15H2,1H3. The number of aromatic nitrogens is 2. The minimum atomic E-state index is -0.525. The Morgan fingerprint density at radius 3 is 2.95 bits per heavy atom. The van der Waals surface area contributed by atoms with E-state index >= 15 is 0 Å². The fourth-order valence-corrected chi connectivity index (χ4v) is 2.27. The molecule has 0 unspecified atom stereocenters. The number of carbonyl (C=O) groups excluding carboxylic acids is 1. The molecule has 0 fully saturated rings. The summed E-state index contributed by atoms with van der Waals surface area (Å²) in [5.74, 6) is -0.698. The number of rotatable bonds is 3. The lowest BCUT2D eigenvalue weighted by molar-refractivity contribution is 0.0527. The second-order valence-corrected chi connectivity index (χ2v) is 4.83. The first-order valence-corrected chi connectivity index (χ1v) is 6.58. The molecule has 0 atom stereocenters. The van der Waals surface area contributed by atoms with Gasteiger partial charge in [-0.2, -0.15) is 5.10 Å². The van der Waals surface area contributed by atoms with E-state index in [-0.39, 0.29) is 23.8 Å². The Labute approximate surface area is 122 Å². The number of anilines is 1. The molecular formula is C12H11FIN3O2. The highest BCUT2D eigenvalue weighted by Crippen LogP contribution is 2.23. The third-order valence-corrected chi connectivity index (χ3v) is 3.30. The van der Waals surface area contributed by atoms with Gasteiger partial charge in [0.15, 0.2) is 0 Å². The van der Waals surface area contributed by atoms with Crippen molar-refractivity contribution in [2.24, 2.45) is 0 Å². The van der Waals surface area contributed by atoms with Gasteiger partial charge in [-0.25, -0.2) is 13.9 Å². The van der Waals surface area contributed by atoms with E-state index in [1.165, 1.54) is 23.0 Å². The van der Waals surface area contributed by atoms with Crippen molar-refractivity contribution >= 4 is 34.4 Å². The normalized spacial score (nSPS) is 10.5. The predicted molar refractivity (Wildman–Crippen MR) is 76.6 cm³/mol. The molecule has 5 nitrogen and oxygen atoms in total. The van der Waals surface area contributed by atoms with Gasteiger partial charge in [0.1, 0.15) is 17.2 Å². The number of halogens is 2. The van der Waals surface area contributed by atoms with E-state index in [4.69, 9.17) is 10.5 Å². The maximum absolute atomic E-state index is 13.1. The third kappa shape index (κ3) is 2.70. The van der Waals surface area contributed by atoms with Crippen molar-refractivity contribution in [1.29, 1.82) is 0 Å². The Hall–Kier alpha value is -1.64. The van der Waals surface area contributed by atoms with Gasteiger partial charge in [0, 0.05) is 3.57 Å². The van der Waals surface area contributed by atoms with Crippen LogP contribution in [0.15, 0.2) is 24.4 Å². The van der Waals surface area contributed by atoms with E-state index in [2.05, 4.69) is 5.10 Å². The van der Waals surface area contributed by atoms with Crippen LogP contribution in [0.4, 0.5) is 10.2 Å². The minimum absolute atomic E-state index is 0.169. The zero-order valence-electron chi connectivity index (χ0n) is 10.1. The molecule has 0 radical (unpaired) electrons. The molecule has 2 aromatic rings. The summed E-state index contributed by atoms with van der Waals surface area (Å²) in [4.78, 5) is 11.6. The van der Waals surface area contributed by atoms with Crippen LogP contribution in [0, 0.1) is 9.39 Å². The Morgan fingerprint density at radius 2 is 2.32 bits per heavy atom. The Kier molecular flexibility index (Phi) is 4.03. The van der Waals surface area contributed by atoms with Gasteiger partial charge in [-0.15, -0.1) is 0 Å². The molecule has 2 N–H and O–H groups in total. The fourth-order valence-electron chi connectivity index (χ4n) is 1.57. The van der Waals surface area contributed by atoms with Crippen molar-refractivity contribution in [2.75, 3.05) is 12.3 Å². The summed E-state index contributed by atoms with van der Waals surface area (Å²) in [6, 6.07) is 4.22. The topological polar surface area (TPSA) is 70.1 Å². The van der Waals surface area contributed by atoms with E-state index in [0.29, 0.717) is 9.26 Å². The number of nitrogens with zero attached hydrogens (tertiary/aromatic N) is 2. The lowest BCUT2D eigenvalue weighted by Gasteiger charge is -2.07. The zero-order valence-corrected chi connectivity index (χ0v) is 12.2. The van der Waals surface area contributed by atoms with E-state index in [9.17, 15) is 9.18 Å². The summed E-state index contributed by atoms with van der Waals surface area (Å²) in [7, 11) is 0. The van der Waals surface area contributed by atoms with Crippen molar-refractivity contribution in [3.05, 3.63) is 39.3 Å². The monoisotopic (exact) mass is 375 g/mol. The van der Waals surface area contributed by atoms with Gasteiger partial charge in [-0.05, 0) is 47.7 Å². The first-order valence-electron chi connectivity index (χ1n) is 5.50. The average molecular weight is 375 g/mol. The first kappa shape index (κ1) is 13.8. The maximum atomic E-state index is 13.1. The highest BCUT2D eigenvalue weighted by atomic mass is 127. The van der Waals surface area contributed by atoms with Gasteiger partial charge in [0.2, 0.25) is 0 Å². The van der Waals surface area contributed by atoms with Crippen LogP contribution >= 0.6 is 22.6 Å². The second kappa shape index (κ2) is 5.55. The van der Waals surface area contributed by atoms with Crippen molar-refractivity contribution < 1.29 is 13.9 Å². The Morgan fingerprint density at radius 1 is 1.58 bits per heavy atom. The highest BCUT2D eigenvalue weighted by Gasteiger charge is 2.18. The fraction of sp³-hybridized carbons (Fsp3) is 0.167. The predicted octanol–water partition coefficient (Wildman–Crippen LogP) is 2.37. The summed E-state index contributed by atoms with van der Waals surface area (Å²) in [5, 5.41) is 4.04. The number of hydrogen-bond donors (Lipinski definition) is 1. The molecule has 1 aromatic carbocycles. The summed E-state index contributed by atoms with van der Waals surface area (Å²) in [6.45, 7) is 1.97. The van der Waals surface area contributed by atoms with Crippen LogP contribution in [-0.4, -0.2) is 22.4 Å². The molecule has 100 valence electrons. The summed E-state index contributed by atoms with van der Waals surface area (Å²) in [5.41, 5.74) is 6.68. The molecule has 0 spiro atoms. The van der Waals surface area contributed by atoms with Crippen LogP contribution in [0.3, 0.4) is 0 Å². The van der Waals surface area contributed by atoms with Crippen molar-refractivity contribution in [1.82, 2.24) is 9.78 Å². The molecule has 0 aliphatic heterocycles. The smallest absolute Gasteiger partial charge is 0.343 e. The van der Waals surface area contributed by atoms with Crippen LogP contribution in [-0.2, 0) is 4.74 Å². The van der Waals surface area contributed by atoms with Gasteiger partial charge in [0.25, 0.3) is 0 Å². The Balaban J connectivity index is 2.44. The molecule has 0 saturated heterocycles. The van der Waals surface area contributed by atoms with Gasteiger partial charge in [0.05, 0.1) is 18.5 Å². The van der Waals surface area contributed by atoms with Gasteiger partial charge in [-0.3, -0.25) is 0 Å². The number of nitrogens with two attached hydrogens (primary N) is 1.